The van der Waals surface area contributed by atoms with Crippen molar-refractivity contribution in [3.63, 3.8) is 0 Å². The van der Waals surface area contributed by atoms with Crippen molar-refractivity contribution in [3.05, 3.63) is 18.2 Å². The van der Waals surface area contributed by atoms with Crippen LogP contribution < -0.4 is 15.8 Å². The Bertz CT molecular complexity index is 589. The molecule has 7 heteroatoms. The molecule has 1 aliphatic carbocycles. The lowest BCUT2D eigenvalue weighted by Crippen LogP contribution is -2.24. The fourth-order valence-electron chi connectivity index (χ4n) is 2.63. The number of anilines is 2. The van der Waals surface area contributed by atoms with Crippen molar-refractivity contribution in [2.24, 2.45) is 5.92 Å². The molecule has 0 heterocycles. The quantitative estimate of drug-likeness (QED) is 0.590. The van der Waals surface area contributed by atoms with Crippen LogP contribution in [0.15, 0.2) is 23.1 Å². The number of aliphatic hydroxyl groups excluding tert-OH is 1. The molecule has 5 N–H and O–H groups in total. The number of sulfonamides is 1. The molecular weight excluding hydrogens is 290 g/mol. The zero-order valence-corrected chi connectivity index (χ0v) is 13.0. The number of hydrogen-bond acceptors (Lipinski definition) is 5. The van der Waals surface area contributed by atoms with Gasteiger partial charge in [0.2, 0.25) is 10.0 Å². The number of rotatable bonds is 6. The summed E-state index contributed by atoms with van der Waals surface area (Å²) in [5, 5.41) is 13.0. The van der Waals surface area contributed by atoms with Gasteiger partial charge in [-0.25, -0.2) is 13.1 Å². The van der Waals surface area contributed by atoms with E-state index in [4.69, 9.17) is 5.73 Å². The van der Waals surface area contributed by atoms with E-state index in [0.29, 0.717) is 24.5 Å². The van der Waals surface area contributed by atoms with Crippen LogP contribution in [0, 0.1) is 5.92 Å². The van der Waals surface area contributed by atoms with E-state index in [1.54, 1.807) is 13.0 Å². The van der Waals surface area contributed by atoms with Gasteiger partial charge in [-0.3, -0.25) is 0 Å². The van der Waals surface area contributed by atoms with Crippen LogP contribution in [-0.4, -0.2) is 32.7 Å². The molecule has 2 unspecified atom stereocenters. The first-order valence-corrected chi connectivity index (χ1v) is 8.73. The first-order chi connectivity index (χ1) is 9.94. The van der Waals surface area contributed by atoms with Crippen molar-refractivity contribution >= 4 is 21.4 Å². The molecule has 1 aromatic carbocycles. The molecule has 2 atom stereocenters. The number of benzene rings is 1. The molecule has 0 saturated heterocycles. The number of nitrogens with one attached hydrogen (secondary N) is 2. The van der Waals surface area contributed by atoms with E-state index in [2.05, 4.69) is 10.0 Å². The van der Waals surface area contributed by atoms with Crippen molar-refractivity contribution in [3.8, 4) is 0 Å². The van der Waals surface area contributed by atoms with Crippen molar-refractivity contribution in [1.82, 2.24) is 4.72 Å². The first kappa shape index (κ1) is 16.1. The second-order valence-electron chi connectivity index (χ2n) is 5.39. The predicted octanol–water partition coefficient (Wildman–Crippen LogP) is 1.14. The molecule has 1 saturated carbocycles. The molecule has 0 radical (unpaired) electrons. The maximum atomic E-state index is 12.0. The summed E-state index contributed by atoms with van der Waals surface area (Å²) in [5.74, 6) is 0.193. The van der Waals surface area contributed by atoms with Crippen LogP contribution in [0.1, 0.15) is 26.2 Å². The number of nitrogens with two attached hydrogens (primary N) is 1. The Labute approximate surface area is 125 Å². The van der Waals surface area contributed by atoms with Gasteiger partial charge >= 0.3 is 0 Å². The summed E-state index contributed by atoms with van der Waals surface area (Å²) in [7, 11) is -3.49. The van der Waals surface area contributed by atoms with E-state index < -0.39 is 10.0 Å². The average Bonchev–Trinajstić information content (AvgIpc) is 2.83. The van der Waals surface area contributed by atoms with Crippen LogP contribution in [0.2, 0.25) is 0 Å². The van der Waals surface area contributed by atoms with Crippen molar-refractivity contribution in [1.29, 1.82) is 0 Å². The minimum absolute atomic E-state index is 0.188. The number of hydrogen-bond donors (Lipinski definition) is 4. The minimum Gasteiger partial charge on any atom is -0.397 e. The van der Waals surface area contributed by atoms with Crippen LogP contribution in [-0.2, 0) is 10.0 Å². The van der Waals surface area contributed by atoms with Crippen LogP contribution in [0.25, 0.3) is 0 Å². The van der Waals surface area contributed by atoms with Crippen LogP contribution in [0.5, 0.6) is 0 Å². The summed E-state index contributed by atoms with van der Waals surface area (Å²) in [6.45, 7) is 2.66. The van der Waals surface area contributed by atoms with E-state index in [0.717, 1.165) is 19.3 Å². The van der Waals surface area contributed by atoms with E-state index in [-0.39, 0.29) is 16.9 Å². The largest absolute Gasteiger partial charge is 0.397 e. The third-order valence-corrected chi connectivity index (χ3v) is 5.39. The van der Waals surface area contributed by atoms with Gasteiger partial charge in [0.25, 0.3) is 0 Å². The van der Waals surface area contributed by atoms with Crippen LogP contribution in [0.4, 0.5) is 11.4 Å². The van der Waals surface area contributed by atoms with E-state index in [1.165, 1.54) is 12.1 Å². The molecule has 21 heavy (non-hydrogen) atoms. The Morgan fingerprint density at radius 1 is 1.38 bits per heavy atom. The number of nitrogen functional groups attached to an aromatic ring is 1. The predicted molar refractivity (Wildman–Crippen MR) is 83.6 cm³/mol. The Hall–Kier alpha value is -1.31. The third-order valence-electron chi connectivity index (χ3n) is 3.84. The smallest absolute Gasteiger partial charge is 0.240 e. The Balaban J connectivity index is 2.12. The fraction of sp³-hybridized carbons (Fsp3) is 0.571. The fourth-order valence-corrected chi connectivity index (χ4v) is 3.69. The highest BCUT2D eigenvalue weighted by atomic mass is 32.2. The van der Waals surface area contributed by atoms with E-state index in [1.807, 2.05) is 0 Å². The van der Waals surface area contributed by atoms with Crippen LogP contribution in [0.3, 0.4) is 0 Å². The zero-order chi connectivity index (χ0) is 15.5. The van der Waals surface area contributed by atoms with Crippen molar-refractivity contribution < 1.29 is 13.5 Å². The van der Waals surface area contributed by atoms with Gasteiger partial charge in [0.1, 0.15) is 0 Å². The molecule has 1 aromatic rings. The molecule has 2 rings (SSSR count). The summed E-state index contributed by atoms with van der Waals surface area (Å²) in [6, 6.07) is 4.61. The van der Waals surface area contributed by atoms with E-state index in [9.17, 15) is 13.5 Å². The molecule has 0 aliphatic heterocycles. The monoisotopic (exact) mass is 313 g/mol. The first-order valence-electron chi connectivity index (χ1n) is 7.25. The second kappa shape index (κ2) is 6.64. The Morgan fingerprint density at radius 3 is 2.76 bits per heavy atom. The second-order valence-corrected chi connectivity index (χ2v) is 7.16. The SMILES string of the molecule is CCNS(=O)(=O)c1ccc(N)c(NCC2CCCC2O)c1. The summed E-state index contributed by atoms with van der Waals surface area (Å²) in [4.78, 5) is 0.188. The minimum atomic E-state index is -3.49. The normalized spacial score (nSPS) is 22.4. The standard InChI is InChI=1S/C14H23N3O3S/c1-2-17-21(19,20)11-6-7-12(15)13(8-11)16-9-10-4-3-5-14(10)18/h6-8,10,14,16-18H,2-5,9,15H2,1H3. The Kier molecular flexibility index (Phi) is 5.08. The van der Waals surface area contributed by atoms with E-state index >= 15 is 0 Å². The maximum absolute atomic E-state index is 12.0. The van der Waals surface area contributed by atoms with Gasteiger partial charge in [-0.1, -0.05) is 13.3 Å². The Morgan fingerprint density at radius 2 is 2.14 bits per heavy atom. The molecular formula is C14H23N3O3S. The zero-order valence-electron chi connectivity index (χ0n) is 12.2. The van der Waals surface area contributed by atoms with Gasteiger partial charge in [-0.15, -0.1) is 0 Å². The van der Waals surface area contributed by atoms with Crippen LogP contribution >= 0.6 is 0 Å². The van der Waals surface area contributed by atoms with Gasteiger partial charge in [0, 0.05) is 19.0 Å². The van der Waals surface area contributed by atoms with Gasteiger partial charge in [0.15, 0.2) is 0 Å². The van der Waals surface area contributed by atoms with Gasteiger partial charge in [-0.05, 0) is 31.0 Å². The topological polar surface area (TPSA) is 104 Å². The average molecular weight is 313 g/mol. The van der Waals surface area contributed by atoms with Crippen molar-refractivity contribution in [2.75, 3.05) is 24.1 Å². The van der Waals surface area contributed by atoms with Gasteiger partial charge < -0.3 is 16.2 Å². The number of aliphatic hydroxyl groups is 1. The molecule has 6 nitrogen and oxygen atoms in total. The van der Waals surface area contributed by atoms with Gasteiger partial charge in [0.05, 0.1) is 22.4 Å². The molecule has 1 fully saturated rings. The molecule has 0 amide bonds. The molecule has 1 aliphatic rings. The highest BCUT2D eigenvalue weighted by molar-refractivity contribution is 7.89. The maximum Gasteiger partial charge on any atom is 0.240 e. The third kappa shape index (κ3) is 3.87. The summed E-state index contributed by atoms with van der Waals surface area (Å²) < 4.78 is 26.4. The molecule has 0 aromatic heterocycles. The summed E-state index contributed by atoms with van der Waals surface area (Å²) >= 11 is 0. The summed E-state index contributed by atoms with van der Waals surface area (Å²) in [6.07, 6.45) is 2.55. The highest BCUT2D eigenvalue weighted by Gasteiger charge is 2.25. The lowest BCUT2D eigenvalue weighted by Gasteiger charge is -2.17. The molecule has 118 valence electrons. The van der Waals surface area contributed by atoms with Gasteiger partial charge in [-0.2, -0.15) is 0 Å². The lowest BCUT2D eigenvalue weighted by atomic mass is 10.1. The highest BCUT2D eigenvalue weighted by Crippen LogP contribution is 2.28. The lowest BCUT2D eigenvalue weighted by molar-refractivity contribution is 0.138. The molecule has 0 spiro atoms. The molecule has 0 bridgehead atoms. The summed E-state index contributed by atoms with van der Waals surface area (Å²) in [5.41, 5.74) is 6.97. The van der Waals surface area contributed by atoms with Crippen molar-refractivity contribution in [2.45, 2.75) is 37.2 Å².